The molecule has 2 amide bonds. The topological polar surface area (TPSA) is 95.8 Å². The van der Waals surface area contributed by atoms with Crippen LogP contribution in [0.15, 0.2) is 103 Å². The Morgan fingerprint density at radius 3 is 1.98 bits per heavy atom. The predicted molar refractivity (Wildman–Crippen MR) is 194 cm³/mol. The van der Waals surface area contributed by atoms with E-state index < -0.39 is 25.8 Å². The zero-order chi connectivity index (χ0) is 34.7. The van der Waals surface area contributed by atoms with Gasteiger partial charge in [0.05, 0.1) is 25.6 Å². The Hall–Kier alpha value is -4.76. The minimum absolute atomic E-state index is 0.0402. The first-order valence-electron chi connectivity index (χ1n) is 16.3. The van der Waals surface area contributed by atoms with Crippen molar-refractivity contribution in [3.05, 3.63) is 114 Å². The molecule has 0 bridgehead atoms. The summed E-state index contributed by atoms with van der Waals surface area (Å²) in [5.41, 5.74) is 1.04. The van der Waals surface area contributed by atoms with Crippen molar-refractivity contribution in [2.24, 2.45) is 5.92 Å². The lowest BCUT2D eigenvalue weighted by molar-refractivity contribution is -0.143. The number of nitrogens with zero attached hydrogens (tertiary/aromatic N) is 3. The molecule has 48 heavy (non-hydrogen) atoms. The Morgan fingerprint density at radius 1 is 0.896 bits per heavy atom. The van der Waals surface area contributed by atoms with Crippen molar-refractivity contribution in [1.29, 1.82) is 5.41 Å². The maximum atomic E-state index is 14.5. The minimum Gasteiger partial charge on any atom is -0.497 e. The Morgan fingerprint density at radius 2 is 1.48 bits per heavy atom. The summed E-state index contributed by atoms with van der Waals surface area (Å²) in [5.74, 6) is 0.773. The van der Waals surface area contributed by atoms with Crippen molar-refractivity contribution in [3.63, 3.8) is 0 Å². The van der Waals surface area contributed by atoms with Gasteiger partial charge in [0.1, 0.15) is 17.2 Å². The fraction of sp³-hybridized carbons (Fsp3) is 0.333. The molecule has 9 heteroatoms. The van der Waals surface area contributed by atoms with E-state index in [4.69, 9.17) is 14.9 Å². The normalized spacial score (nSPS) is 16.6. The van der Waals surface area contributed by atoms with Gasteiger partial charge in [-0.15, -0.1) is 0 Å². The maximum absolute atomic E-state index is 14.5. The van der Waals surface area contributed by atoms with Crippen LogP contribution in [0.5, 0.6) is 5.75 Å². The molecule has 0 saturated carbocycles. The molecule has 1 aliphatic heterocycles. The van der Waals surface area contributed by atoms with Crippen LogP contribution in [0.2, 0.25) is 5.04 Å². The van der Waals surface area contributed by atoms with Crippen LogP contribution < -0.4 is 20.0 Å². The fourth-order valence-corrected chi connectivity index (χ4v) is 12.7. The quantitative estimate of drug-likeness (QED) is 0.117. The fourth-order valence-electron chi connectivity index (χ4n) is 6.85. The minimum atomic E-state index is -2.95. The number of hydrogen-bond donors (Lipinski definition) is 1. The van der Waals surface area contributed by atoms with Gasteiger partial charge in [0, 0.05) is 12.4 Å². The molecule has 0 spiro atoms. The van der Waals surface area contributed by atoms with Gasteiger partial charge in [-0.3, -0.25) is 9.69 Å². The van der Waals surface area contributed by atoms with Crippen molar-refractivity contribution in [1.82, 2.24) is 9.55 Å². The lowest BCUT2D eigenvalue weighted by Gasteiger charge is -2.60. The number of ether oxygens (including phenoxy) is 2. The average molecular weight is 663 g/mol. The number of rotatable bonds is 10. The Bertz CT molecular complexity index is 1690. The SMILES string of the molecule is COc1ccc(CN(C(=O)OC(C)(C)C)c2cc(CC3C(=O)N([Si](c4ccccc4)(c4ccccc4)C(C)(C)C)[C@@H]3C=N)ccn2)cc1. The van der Waals surface area contributed by atoms with Crippen molar-refractivity contribution < 1.29 is 19.1 Å². The molecule has 8 nitrogen and oxygen atoms in total. The molecule has 1 aromatic heterocycles. The molecule has 2 heterocycles. The molecule has 4 aromatic rings. The van der Waals surface area contributed by atoms with Crippen molar-refractivity contribution in [2.75, 3.05) is 12.0 Å². The molecule has 1 aliphatic rings. The van der Waals surface area contributed by atoms with Crippen molar-refractivity contribution in [3.8, 4) is 5.75 Å². The van der Waals surface area contributed by atoms with E-state index in [0.29, 0.717) is 12.2 Å². The van der Waals surface area contributed by atoms with Gasteiger partial charge < -0.3 is 19.4 Å². The third-order valence-electron chi connectivity index (χ3n) is 8.92. The highest BCUT2D eigenvalue weighted by molar-refractivity contribution is 7.03. The first-order valence-corrected chi connectivity index (χ1v) is 18.3. The molecule has 2 atom stereocenters. The van der Waals surface area contributed by atoms with E-state index in [0.717, 1.165) is 27.2 Å². The number of β-lactam (4-membered cyclic amide) rings is 1. The van der Waals surface area contributed by atoms with E-state index in [-0.39, 0.29) is 23.5 Å². The zero-order valence-corrected chi connectivity index (χ0v) is 29.9. The number of pyridine rings is 1. The van der Waals surface area contributed by atoms with Crippen LogP contribution in [-0.2, 0) is 22.5 Å². The van der Waals surface area contributed by atoms with Crippen LogP contribution in [0.1, 0.15) is 52.7 Å². The Balaban J connectivity index is 1.49. The smallest absolute Gasteiger partial charge is 0.416 e. The maximum Gasteiger partial charge on any atom is 0.416 e. The summed E-state index contributed by atoms with van der Waals surface area (Å²) in [6.07, 6.45) is 2.99. The molecule has 1 N–H and O–H groups in total. The number of nitrogens with one attached hydrogen (secondary N) is 1. The van der Waals surface area contributed by atoms with Crippen LogP contribution >= 0.6 is 0 Å². The molecule has 0 radical (unpaired) electrons. The third kappa shape index (κ3) is 6.78. The molecule has 5 rings (SSSR count). The standard InChI is InChI=1S/C39H46N4O4Si/c1-38(2,3)47-37(45)42(27-28-18-20-30(46-7)21-19-28)35-25-29(22-23-41-35)24-33-34(26-40)43(36(33)44)48(39(4,5)6,31-14-10-8-11-15-31)32-16-12-9-13-17-32/h8-23,25-26,33-34,40H,24,27H2,1-7H3/t33?,34-/m1/s1. The molecule has 1 fully saturated rings. The highest BCUT2D eigenvalue weighted by atomic mass is 28.3. The van der Waals surface area contributed by atoms with Gasteiger partial charge in [-0.25, -0.2) is 9.78 Å². The zero-order valence-electron chi connectivity index (χ0n) is 28.9. The Kier molecular flexibility index (Phi) is 9.91. The number of benzene rings is 3. The second-order valence-corrected chi connectivity index (χ2v) is 18.9. The molecule has 1 saturated heterocycles. The van der Waals surface area contributed by atoms with Gasteiger partial charge in [-0.1, -0.05) is 93.6 Å². The first kappa shape index (κ1) is 34.6. The molecular formula is C39H46N4O4Si. The van der Waals surface area contributed by atoms with Gasteiger partial charge in [0.25, 0.3) is 0 Å². The van der Waals surface area contributed by atoms with Crippen LogP contribution in [0, 0.1) is 11.3 Å². The van der Waals surface area contributed by atoms with E-state index >= 15 is 0 Å². The van der Waals surface area contributed by atoms with Gasteiger partial charge in [-0.05, 0) is 78.0 Å². The van der Waals surface area contributed by atoms with Gasteiger partial charge in [0.15, 0.2) is 0 Å². The molecule has 0 aliphatic carbocycles. The number of methoxy groups -OCH3 is 1. The second-order valence-electron chi connectivity index (χ2n) is 14.3. The summed E-state index contributed by atoms with van der Waals surface area (Å²) in [4.78, 5) is 34.1. The van der Waals surface area contributed by atoms with E-state index in [2.05, 4.69) is 50.0 Å². The van der Waals surface area contributed by atoms with Crippen molar-refractivity contribution >= 4 is 42.6 Å². The molecule has 3 aromatic carbocycles. The molecular weight excluding hydrogens is 617 g/mol. The number of carbonyl (C=O) groups excluding carboxylic acids is 2. The lowest BCUT2D eigenvalue weighted by atomic mass is 9.85. The number of amides is 2. The van der Waals surface area contributed by atoms with Crippen LogP contribution in [0.3, 0.4) is 0 Å². The lowest BCUT2D eigenvalue weighted by Crippen LogP contribution is -2.84. The van der Waals surface area contributed by atoms with Crippen LogP contribution in [0.4, 0.5) is 10.6 Å². The van der Waals surface area contributed by atoms with E-state index in [1.807, 2.05) is 98.1 Å². The number of hydrogen-bond acceptors (Lipinski definition) is 6. The van der Waals surface area contributed by atoms with Gasteiger partial charge >= 0.3 is 6.09 Å². The second kappa shape index (κ2) is 13.8. The number of anilines is 1. The van der Waals surface area contributed by atoms with Crippen molar-refractivity contribution in [2.45, 2.75) is 71.2 Å². The predicted octanol–water partition coefficient (Wildman–Crippen LogP) is 6.61. The number of carbonyl (C=O) groups is 2. The number of aromatic nitrogens is 1. The summed E-state index contributed by atoms with van der Waals surface area (Å²) in [6, 6.07) is 31.5. The van der Waals surface area contributed by atoms with Gasteiger partial charge in [0.2, 0.25) is 14.1 Å². The summed E-state index contributed by atoms with van der Waals surface area (Å²) >= 11 is 0. The summed E-state index contributed by atoms with van der Waals surface area (Å²) in [6.45, 7) is 12.4. The van der Waals surface area contributed by atoms with E-state index in [9.17, 15) is 9.59 Å². The average Bonchev–Trinajstić information content (AvgIpc) is 3.06. The largest absolute Gasteiger partial charge is 0.497 e. The highest BCUT2D eigenvalue weighted by Crippen LogP contribution is 2.45. The molecule has 250 valence electrons. The summed E-state index contributed by atoms with van der Waals surface area (Å²) in [7, 11) is -1.33. The first-order chi connectivity index (χ1) is 22.8. The van der Waals surface area contributed by atoms with Gasteiger partial charge in [-0.2, -0.15) is 0 Å². The highest BCUT2D eigenvalue weighted by Gasteiger charge is 2.63. The van der Waals surface area contributed by atoms with Crippen LogP contribution in [-0.4, -0.2) is 54.8 Å². The monoisotopic (exact) mass is 662 g/mol. The van der Waals surface area contributed by atoms with E-state index in [1.165, 1.54) is 11.1 Å². The van der Waals surface area contributed by atoms with E-state index in [1.54, 1.807) is 13.3 Å². The molecule has 1 unspecified atom stereocenters. The Labute approximate surface area is 285 Å². The summed E-state index contributed by atoms with van der Waals surface area (Å²) < 4.78 is 13.1. The van der Waals surface area contributed by atoms with Crippen LogP contribution in [0.25, 0.3) is 0 Å². The summed E-state index contributed by atoms with van der Waals surface area (Å²) in [5, 5.41) is 10.6. The third-order valence-corrected chi connectivity index (χ3v) is 14.7.